The van der Waals surface area contributed by atoms with E-state index in [1.807, 2.05) is 12.1 Å². The summed E-state index contributed by atoms with van der Waals surface area (Å²) in [5, 5.41) is 3.42. The van der Waals surface area contributed by atoms with Crippen LogP contribution in [-0.2, 0) is 16.0 Å². The molecule has 0 radical (unpaired) electrons. The van der Waals surface area contributed by atoms with Crippen molar-refractivity contribution in [1.29, 1.82) is 0 Å². The zero-order valence-electron chi connectivity index (χ0n) is 10.7. The number of Topliss-reactive ketones (excluding diaryl/α,β-unsaturated/α-hetero) is 1. The van der Waals surface area contributed by atoms with Crippen LogP contribution >= 0.6 is 11.6 Å². The molecule has 0 spiro atoms. The summed E-state index contributed by atoms with van der Waals surface area (Å²) in [6, 6.07) is 6.87. The molecular formula is C14H18ClNO2. The van der Waals surface area contributed by atoms with Crippen molar-refractivity contribution in [2.24, 2.45) is 0 Å². The SMILES string of the molecule is CCC(=O)NC(Cc1ccc(Cl)cc1)C(=O)CC. The fraction of sp³-hybridized carbons (Fsp3) is 0.429. The van der Waals surface area contributed by atoms with E-state index in [9.17, 15) is 9.59 Å². The molecule has 1 N–H and O–H groups in total. The third kappa shape index (κ3) is 4.49. The lowest BCUT2D eigenvalue weighted by Gasteiger charge is -2.16. The number of benzene rings is 1. The first-order valence-corrected chi connectivity index (χ1v) is 6.51. The first-order chi connectivity index (χ1) is 8.56. The topological polar surface area (TPSA) is 46.2 Å². The molecule has 0 fully saturated rings. The lowest BCUT2D eigenvalue weighted by Crippen LogP contribution is -2.41. The van der Waals surface area contributed by atoms with E-state index < -0.39 is 6.04 Å². The van der Waals surface area contributed by atoms with Gasteiger partial charge in [0.25, 0.3) is 0 Å². The highest BCUT2D eigenvalue weighted by Crippen LogP contribution is 2.12. The van der Waals surface area contributed by atoms with Crippen LogP contribution in [0.4, 0.5) is 0 Å². The highest BCUT2D eigenvalue weighted by atomic mass is 35.5. The number of hydrogen-bond donors (Lipinski definition) is 1. The third-order valence-corrected chi connectivity index (χ3v) is 3.00. The molecule has 0 saturated carbocycles. The number of hydrogen-bond acceptors (Lipinski definition) is 2. The van der Waals surface area contributed by atoms with Crippen molar-refractivity contribution in [3.63, 3.8) is 0 Å². The van der Waals surface area contributed by atoms with Crippen LogP contribution in [0, 0.1) is 0 Å². The van der Waals surface area contributed by atoms with E-state index in [1.165, 1.54) is 0 Å². The molecule has 0 aliphatic carbocycles. The summed E-state index contributed by atoms with van der Waals surface area (Å²) in [6.45, 7) is 3.57. The summed E-state index contributed by atoms with van der Waals surface area (Å²) in [4.78, 5) is 23.2. The molecule has 18 heavy (non-hydrogen) atoms. The first-order valence-electron chi connectivity index (χ1n) is 6.13. The second kappa shape index (κ2) is 7.17. The monoisotopic (exact) mass is 267 g/mol. The summed E-state index contributed by atoms with van der Waals surface area (Å²) in [5.74, 6) is -0.0532. The van der Waals surface area contributed by atoms with E-state index in [-0.39, 0.29) is 11.7 Å². The summed E-state index contributed by atoms with van der Waals surface area (Å²) < 4.78 is 0. The zero-order valence-corrected chi connectivity index (χ0v) is 11.5. The van der Waals surface area contributed by atoms with Gasteiger partial charge in [0.1, 0.15) is 0 Å². The largest absolute Gasteiger partial charge is 0.346 e. The number of amides is 1. The van der Waals surface area contributed by atoms with Crippen molar-refractivity contribution in [3.05, 3.63) is 34.9 Å². The summed E-state index contributed by atoms with van der Waals surface area (Å²) in [6.07, 6.45) is 1.31. The maximum Gasteiger partial charge on any atom is 0.220 e. The van der Waals surface area contributed by atoms with Crippen LogP contribution < -0.4 is 5.32 Å². The second-order valence-electron chi connectivity index (χ2n) is 4.12. The van der Waals surface area contributed by atoms with Crippen LogP contribution in [0.3, 0.4) is 0 Å². The van der Waals surface area contributed by atoms with Crippen molar-refractivity contribution in [1.82, 2.24) is 5.32 Å². The number of rotatable bonds is 6. The van der Waals surface area contributed by atoms with Gasteiger partial charge in [0, 0.05) is 17.9 Å². The Bertz CT molecular complexity index is 414. The minimum atomic E-state index is -0.441. The Morgan fingerprint density at radius 1 is 1.17 bits per heavy atom. The molecule has 0 aromatic heterocycles. The van der Waals surface area contributed by atoms with Crippen LogP contribution in [0.15, 0.2) is 24.3 Å². The third-order valence-electron chi connectivity index (χ3n) is 2.75. The lowest BCUT2D eigenvalue weighted by molar-refractivity contribution is -0.127. The predicted octanol–water partition coefficient (Wildman–Crippen LogP) is 2.76. The Morgan fingerprint density at radius 2 is 1.78 bits per heavy atom. The second-order valence-corrected chi connectivity index (χ2v) is 4.56. The molecule has 0 heterocycles. The van der Waals surface area contributed by atoms with E-state index in [2.05, 4.69) is 5.32 Å². The Balaban J connectivity index is 2.74. The van der Waals surface area contributed by atoms with Crippen LogP contribution in [0.5, 0.6) is 0 Å². The lowest BCUT2D eigenvalue weighted by atomic mass is 10.0. The van der Waals surface area contributed by atoms with E-state index in [4.69, 9.17) is 11.6 Å². The standard InChI is InChI=1S/C14H18ClNO2/c1-3-13(17)12(16-14(18)4-2)9-10-5-7-11(15)8-6-10/h5-8,12H,3-4,9H2,1-2H3,(H,16,18). The van der Waals surface area contributed by atoms with Gasteiger partial charge >= 0.3 is 0 Å². The van der Waals surface area contributed by atoms with Crippen molar-refractivity contribution in [2.75, 3.05) is 0 Å². The minimum absolute atomic E-state index is 0.0479. The fourth-order valence-electron chi connectivity index (χ4n) is 1.64. The van der Waals surface area contributed by atoms with Crippen molar-refractivity contribution >= 4 is 23.3 Å². The van der Waals surface area contributed by atoms with Gasteiger partial charge in [-0.05, 0) is 24.1 Å². The highest BCUT2D eigenvalue weighted by Gasteiger charge is 2.18. The number of carbonyl (C=O) groups excluding carboxylic acids is 2. The van der Waals surface area contributed by atoms with E-state index >= 15 is 0 Å². The number of halogens is 1. The van der Waals surface area contributed by atoms with Crippen LogP contribution in [0.25, 0.3) is 0 Å². The van der Waals surface area contributed by atoms with E-state index in [0.717, 1.165) is 5.56 Å². The average Bonchev–Trinajstić information content (AvgIpc) is 2.39. The molecule has 0 aliphatic heterocycles. The predicted molar refractivity (Wildman–Crippen MR) is 72.7 cm³/mol. The van der Waals surface area contributed by atoms with Crippen molar-refractivity contribution in [3.8, 4) is 0 Å². The summed E-state index contributed by atoms with van der Waals surface area (Å²) in [5.41, 5.74) is 0.989. The van der Waals surface area contributed by atoms with Gasteiger partial charge in [-0.1, -0.05) is 37.6 Å². The molecule has 4 heteroatoms. The summed E-state index contributed by atoms with van der Waals surface area (Å²) in [7, 11) is 0. The molecule has 98 valence electrons. The molecule has 0 saturated heterocycles. The molecule has 1 atom stereocenters. The zero-order chi connectivity index (χ0) is 13.5. The van der Waals surface area contributed by atoms with Gasteiger partial charge in [-0.3, -0.25) is 9.59 Å². The van der Waals surface area contributed by atoms with Crippen LogP contribution in [0.2, 0.25) is 5.02 Å². The number of nitrogens with one attached hydrogen (secondary N) is 1. The molecule has 3 nitrogen and oxygen atoms in total. The molecule has 1 aromatic carbocycles. The maximum atomic E-state index is 11.8. The Morgan fingerprint density at radius 3 is 2.28 bits per heavy atom. The Labute approximate surface area is 113 Å². The Kier molecular flexibility index (Phi) is 5.86. The van der Waals surface area contributed by atoms with Gasteiger partial charge in [0.2, 0.25) is 5.91 Å². The molecule has 0 aliphatic rings. The van der Waals surface area contributed by atoms with E-state index in [0.29, 0.717) is 24.3 Å². The van der Waals surface area contributed by atoms with E-state index in [1.54, 1.807) is 26.0 Å². The molecule has 1 aromatic rings. The molecule has 0 bridgehead atoms. The van der Waals surface area contributed by atoms with Crippen molar-refractivity contribution in [2.45, 2.75) is 39.2 Å². The molecule has 1 amide bonds. The molecular weight excluding hydrogens is 250 g/mol. The van der Waals surface area contributed by atoms with Crippen molar-refractivity contribution < 1.29 is 9.59 Å². The van der Waals surface area contributed by atoms with Gasteiger partial charge in [-0.15, -0.1) is 0 Å². The molecule has 1 unspecified atom stereocenters. The average molecular weight is 268 g/mol. The molecule has 1 rings (SSSR count). The van der Waals surface area contributed by atoms with Crippen LogP contribution in [0.1, 0.15) is 32.3 Å². The van der Waals surface area contributed by atoms with Gasteiger partial charge in [0.05, 0.1) is 6.04 Å². The first kappa shape index (κ1) is 14.7. The van der Waals surface area contributed by atoms with Gasteiger partial charge in [-0.25, -0.2) is 0 Å². The quantitative estimate of drug-likeness (QED) is 0.861. The normalized spacial score (nSPS) is 11.9. The van der Waals surface area contributed by atoms with Gasteiger partial charge < -0.3 is 5.32 Å². The summed E-state index contributed by atoms with van der Waals surface area (Å²) >= 11 is 5.81. The van der Waals surface area contributed by atoms with Crippen LogP contribution in [-0.4, -0.2) is 17.7 Å². The minimum Gasteiger partial charge on any atom is -0.346 e. The van der Waals surface area contributed by atoms with Gasteiger partial charge in [-0.2, -0.15) is 0 Å². The fourth-order valence-corrected chi connectivity index (χ4v) is 1.77. The number of carbonyl (C=O) groups is 2. The maximum absolute atomic E-state index is 11.8. The van der Waals surface area contributed by atoms with Gasteiger partial charge in [0.15, 0.2) is 5.78 Å². The Hall–Kier alpha value is -1.35. The highest BCUT2D eigenvalue weighted by molar-refractivity contribution is 6.30. The number of ketones is 1. The smallest absolute Gasteiger partial charge is 0.220 e.